The molecule has 6 rings (SSSR count). The van der Waals surface area contributed by atoms with Gasteiger partial charge in [-0.25, -0.2) is 9.48 Å². The number of benzene rings is 2. The number of hydrogen-bond acceptors (Lipinski definition) is 7. The van der Waals surface area contributed by atoms with Gasteiger partial charge >= 0.3 is 6.09 Å². The molecule has 2 aromatic carbocycles. The maximum atomic E-state index is 13.7. The first-order valence-corrected chi connectivity index (χ1v) is 15.2. The number of fused-ring (bicyclic) bond motifs is 4. The maximum absolute atomic E-state index is 13.7. The lowest BCUT2D eigenvalue weighted by atomic mass is 9.91. The molecule has 2 bridgehead atoms. The Balaban J connectivity index is 1.29. The van der Waals surface area contributed by atoms with E-state index in [-0.39, 0.29) is 30.1 Å². The molecule has 10 heteroatoms. The number of morpholine rings is 1. The standard InChI is InChI=1S/C33H40N4O6/c1-5-27-26-14-21(30(39)37-23-11-12-24(37)19-42-18-23)10-13-25(26)31(40)36(34-27)17-29(38)28-15-20-8-6-7-9-22(20)16-35(28)32(41)43-33(2,3)4/h6-10,13-14,23-24,28-29,38H,5,11-12,15-19H2,1-4H3/t23?,24?,28-,29+/m0/s1. The molecule has 3 aliphatic heterocycles. The lowest BCUT2D eigenvalue weighted by molar-refractivity contribution is -0.0162. The number of nitrogens with zero attached hydrogens (tertiary/aromatic N) is 4. The Morgan fingerprint density at radius 1 is 1.07 bits per heavy atom. The molecule has 4 atom stereocenters. The first-order valence-electron chi connectivity index (χ1n) is 15.2. The van der Waals surface area contributed by atoms with E-state index in [0.717, 1.165) is 24.0 Å². The van der Waals surface area contributed by atoms with Crippen LogP contribution < -0.4 is 5.56 Å². The predicted octanol–water partition coefficient (Wildman–Crippen LogP) is 3.69. The van der Waals surface area contributed by atoms with Crippen molar-refractivity contribution in [3.63, 3.8) is 0 Å². The van der Waals surface area contributed by atoms with Crippen LogP contribution in [-0.4, -0.2) is 79.7 Å². The molecule has 3 aliphatic rings. The second-order valence-electron chi connectivity index (χ2n) is 12.9. The number of rotatable bonds is 5. The van der Waals surface area contributed by atoms with E-state index in [1.165, 1.54) is 4.68 Å². The fourth-order valence-corrected chi connectivity index (χ4v) is 6.69. The summed E-state index contributed by atoms with van der Waals surface area (Å²) in [4.78, 5) is 44.0. The van der Waals surface area contributed by atoms with Crippen molar-refractivity contribution in [2.75, 3.05) is 13.2 Å². The SMILES string of the molecule is CCc1nn(C[C@@H](O)[C@@H]2Cc3ccccc3CN2C(=O)OC(C)(C)C)c(=O)c2ccc(C(=O)N3C4CCC3COC4)cc12. The molecule has 10 nitrogen and oxygen atoms in total. The molecule has 2 saturated heterocycles. The Morgan fingerprint density at radius 3 is 2.44 bits per heavy atom. The first kappa shape index (κ1) is 29.3. The van der Waals surface area contributed by atoms with Crippen LogP contribution in [0.5, 0.6) is 0 Å². The van der Waals surface area contributed by atoms with Crippen molar-refractivity contribution in [2.24, 2.45) is 0 Å². The Labute approximate surface area is 251 Å². The molecule has 3 aromatic rings. The smallest absolute Gasteiger partial charge is 0.410 e. The lowest BCUT2D eigenvalue weighted by Crippen LogP contribution is -2.53. The van der Waals surface area contributed by atoms with E-state index < -0.39 is 23.8 Å². The molecule has 1 N–H and O–H groups in total. The van der Waals surface area contributed by atoms with Gasteiger partial charge in [-0.3, -0.25) is 14.5 Å². The van der Waals surface area contributed by atoms with Gasteiger partial charge in [0.1, 0.15) is 5.60 Å². The number of carbonyl (C=O) groups excluding carboxylic acids is 2. The fraction of sp³-hybridized carbons (Fsp3) is 0.515. The van der Waals surface area contributed by atoms with Crippen molar-refractivity contribution in [2.45, 2.75) is 96.3 Å². The zero-order valence-corrected chi connectivity index (χ0v) is 25.3. The van der Waals surface area contributed by atoms with Gasteiger partial charge < -0.3 is 19.5 Å². The average molecular weight is 589 g/mol. The van der Waals surface area contributed by atoms with Crippen LogP contribution in [0.4, 0.5) is 4.79 Å². The highest BCUT2D eigenvalue weighted by Crippen LogP contribution is 2.31. The van der Waals surface area contributed by atoms with Crippen LogP contribution in [-0.2, 0) is 35.4 Å². The molecule has 0 saturated carbocycles. The highest BCUT2D eigenvalue weighted by atomic mass is 16.6. The van der Waals surface area contributed by atoms with E-state index in [4.69, 9.17) is 9.47 Å². The molecule has 1 aromatic heterocycles. The van der Waals surface area contributed by atoms with E-state index in [9.17, 15) is 19.5 Å². The maximum Gasteiger partial charge on any atom is 0.410 e. The summed E-state index contributed by atoms with van der Waals surface area (Å²) in [7, 11) is 0. The van der Waals surface area contributed by atoms with Crippen molar-refractivity contribution in [3.05, 3.63) is 75.2 Å². The number of aliphatic hydroxyl groups excluding tert-OH is 1. The van der Waals surface area contributed by atoms with E-state index >= 15 is 0 Å². The minimum absolute atomic E-state index is 0.0424. The summed E-state index contributed by atoms with van der Waals surface area (Å²) in [5.74, 6) is -0.0424. The Bertz CT molecular complexity index is 1600. The third-order valence-electron chi connectivity index (χ3n) is 8.81. The minimum atomic E-state index is -1.08. The van der Waals surface area contributed by atoms with Gasteiger partial charge in [0.2, 0.25) is 0 Å². The molecule has 2 fully saturated rings. The van der Waals surface area contributed by atoms with Gasteiger partial charge in [-0.2, -0.15) is 5.10 Å². The molecule has 2 amide bonds. The first-order chi connectivity index (χ1) is 20.5. The van der Waals surface area contributed by atoms with Crippen LogP contribution in [0.3, 0.4) is 0 Å². The van der Waals surface area contributed by atoms with E-state index in [2.05, 4.69) is 5.10 Å². The van der Waals surface area contributed by atoms with E-state index in [0.29, 0.717) is 54.6 Å². The largest absolute Gasteiger partial charge is 0.444 e. The molecule has 43 heavy (non-hydrogen) atoms. The van der Waals surface area contributed by atoms with Crippen LogP contribution >= 0.6 is 0 Å². The summed E-state index contributed by atoms with van der Waals surface area (Å²) in [5.41, 5.74) is 2.20. The topological polar surface area (TPSA) is 114 Å². The molecule has 0 aliphatic carbocycles. The summed E-state index contributed by atoms with van der Waals surface area (Å²) in [6.45, 7) is 8.70. The summed E-state index contributed by atoms with van der Waals surface area (Å²) in [5, 5.41) is 17.3. The van der Waals surface area contributed by atoms with Crippen molar-refractivity contribution in [1.82, 2.24) is 19.6 Å². The monoisotopic (exact) mass is 588 g/mol. The summed E-state index contributed by atoms with van der Waals surface area (Å²) < 4.78 is 12.6. The zero-order valence-electron chi connectivity index (χ0n) is 25.3. The van der Waals surface area contributed by atoms with Crippen molar-refractivity contribution >= 4 is 22.8 Å². The predicted molar refractivity (Wildman–Crippen MR) is 161 cm³/mol. The third-order valence-corrected chi connectivity index (χ3v) is 8.81. The lowest BCUT2D eigenvalue weighted by Gasteiger charge is -2.40. The van der Waals surface area contributed by atoms with Crippen LogP contribution in [0.25, 0.3) is 10.8 Å². The van der Waals surface area contributed by atoms with Gasteiger partial charge in [-0.05, 0) is 75.8 Å². The van der Waals surface area contributed by atoms with Crippen molar-refractivity contribution < 1.29 is 24.2 Å². The van der Waals surface area contributed by atoms with Gasteiger partial charge in [-0.1, -0.05) is 31.2 Å². The average Bonchev–Trinajstić information content (AvgIpc) is 3.23. The van der Waals surface area contributed by atoms with Gasteiger partial charge in [0.05, 0.1) is 55.1 Å². The Kier molecular flexibility index (Phi) is 7.76. The number of carbonyl (C=O) groups is 2. The van der Waals surface area contributed by atoms with Gasteiger partial charge in [0, 0.05) is 17.5 Å². The molecule has 228 valence electrons. The van der Waals surface area contributed by atoms with Crippen molar-refractivity contribution in [1.29, 1.82) is 0 Å². The molecular weight excluding hydrogens is 548 g/mol. The number of aromatic nitrogens is 2. The van der Waals surface area contributed by atoms with E-state index in [1.807, 2.05) is 56.9 Å². The fourth-order valence-electron chi connectivity index (χ4n) is 6.69. The quantitative estimate of drug-likeness (QED) is 0.484. The molecule has 4 heterocycles. The van der Waals surface area contributed by atoms with Crippen LogP contribution in [0.2, 0.25) is 0 Å². The highest BCUT2D eigenvalue weighted by molar-refractivity contribution is 5.99. The number of amides is 2. The number of ether oxygens (including phenoxy) is 2. The normalized spacial score (nSPS) is 22.4. The molecular formula is C33H40N4O6. The summed E-state index contributed by atoms with van der Waals surface area (Å²) in [6.07, 6.45) is 1.26. The zero-order chi connectivity index (χ0) is 30.5. The van der Waals surface area contributed by atoms with Gasteiger partial charge in [0.25, 0.3) is 11.5 Å². The Morgan fingerprint density at radius 2 is 1.77 bits per heavy atom. The molecule has 0 radical (unpaired) electrons. The minimum Gasteiger partial charge on any atom is -0.444 e. The number of aryl methyl sites for hydroxylation is 1. The van der Waals surface area contributed by atoms with Crippen LogP contribution in [0, 0.1) is 0 Å². The summed E-state index contributed by atoms with van der Waals surface area (Å²) in [6, 6.07) is 12.6. The van der Waals surface area contributed by atoms with Crippen LogP contribution in [0.15, 0.2) is 47.3 Å². The second kappa shape index (κ2) is 11.4. The molecule has 0 spiro atoms. The number of hydrogen-bond donors (Lipinski definition) is 1. The van der Waals surface area contributed by atoms with Crippen LogP contribution in [0.1, 0.15) is 67.7 Å². The Hall–Kier alpha value is -3.76. The number of aliphatic hydroxyl groups is 1. The highest BCUT2D eigenvalue weighted by Gasteiger charge is 2.41. The second-order valence-corrected chi connectivity index (χ2v) is 12.9. The van der Waals surface area contributed by atoms with Crippen molar-refractivity contribution in [3.8, 4) is 0 Å². The third kappa shape index (κ3) is 5.65. The van der Waals surface area contributed by atoms with Gasteiger partial charge in [0.15, 0.2) is 0 Å². The summed E-state index contributed by atoms with van der Waals surface area (Å²) >= 11 is 0. The van der Waals surface area contributed by atoms with Gasteiger partial charge in [-0.15, -0.1) is 0 Å². The molecule has 2 unspecified atom stereocenters. The van der Waals surface area contributed by atoms with E-state index in [1.54, 1.807) is 23.1 Å².